The van der Waals surface area contributed by atoms with Crippen LogP contribution in [0.25, 0.3) is 5.57 Å². The number of nitrogens with zero attached hydrogens (tertiary/aromatic N) is 1. The molecule has 0 aromatic carbocycles. The molecule has 1 aliphatic heterocycles. The zero-order valence-electron chi connectivity index (χ0n) is 9.02. The van der Waals surface area contributed by atoms with Crippen LogP contribution in [0, 0.1) is 5.92 Å². The molecule has 0 amide bonds. The average molecular weight is 214 g/mol. The molecule has 1 fully saturated rings. The van der Waals surface area contributed by atoms with Crippen LogP contribution in [0.2, 0.25) is 0 Å². The topological polar surface area (TPSA) is 34.1 Å². The number of nitrogens with one attached hydrogen (secondary N) is 1. The van der Waals surface area contributed by atoms with Gasteiger partial charge in [-0.3, -0.25) is 4.98 Å². The Morgan fingerprint density at radius 2 is 2.44 bits per heavy atom. The fraction of sp³-hybridized carbons (Fsp3) is 0.308. The Balaban J connectivity index is 1.88. The van der Waals surface area contributed by atoms with Gasteiger partial charge in [-0.2, -0.15) is 0 Å². The molecule has 82 valence electrons. The molecule has 0 saturated carbocycles. The molecule has 2 heterocycles. The summed E-state index contributed by atoms with van der Waals surface area (Å²) >= 11 is 0. The molecule has 0 radical (unpaired) electrons. The maximum absolute atomic E-state index is 5.24. The van der Waals surface area contributed by atoms with E-state index < -0.39 is 0 Å². The highest BCUT2D eigenvalue weighted by atomic mass is 16.5. The summed E-state index contributed by atoms with van der Waals surface area (Å²) in [5, 5.41) is 3.45. The number of rotatable bonds is 3. The Labute approximate surface area is 94.8 Å². The van der Waals surface area contributed by atoms with E-state index in [9.17, 15) is 0 Å². The fourth-order valence-electron chi connectivity index (χ4n) is 2.43. The van der Waals surface area contributed by atoms with Crippen molar-refractivity contribution < 1.29 is 4.74 Å². The lowest BCUT2D eigenvalue weighted by Gasteiger charge is -2.34. The highest BCUT2D eigenvalue weighted by Crippen LogP contribution is 2.37. The predicted octanol–water partition coefficient (Wildman–Crippen LogP) is 1.98. The van der Waals surface area contributed by atoms with Crippen LogP contribution in [0.4, 0.5) is 0 Å². The molecule has 3 rings (SSSR count). The molecule has 1 aliphatic carbocycles. The summed E-state index contributed by atoms with van der Waals surface area (Å²) in [6.07, 6.45) is 8.51. The summed E-state index contributed by atoms with van der Waals surface area (Å²) in [6.45, 7) is 4.68. The lowest BCUT2D eigenvalue weighted by molar-refractivity contribution is 0.306. The van der Waals surface area contributed by atoms with Gasteiger partial charge in [0, 0.05) is 24.3 Å². The number of allylic oxidation sites excluding steroid dienone is 1. The fourth-order valence-corrected chi connectivity index (χ4v) is 2.43. The first kappa shape index (κ1) is 9.60. The van der Waals surface area contributed by atoms with Crippen LogP contribution in [-0.2, 0) is 0 Å². The molecule has 1 saturated heterocycles. The molecule has 16 heavy (non-hydrogen) atoms. The van der Waals surface area contributed by atoms with Crippen LogP contribution in [0.5, 0.6) is 5.75 Å². The van der Waals surface area contributed by atoms with Crippen molar-refractivity contribution in [1.29, 1.82) is 0 Å². The van der Waals surface area contributed by atoms with E-state index in [1.54, 1.807) is 6.20 Å². The second-order valence-electron chi connectivity index (χ2n) is 4.24. The van der Waals surface area contributed by atoms with Gasteiger partial charge < -0.3 is 10.1 Å². The number of fused-ring (bicyclic) bond motifs is 1. The standard InChI is InChI=1S/C13H14N2O/c1-2-16-11-5-10(6-14-8-11)12-4-3-9-7-15-13(9)12/h2,4-6,8-9,13,15H,1,3,7H2/t9-,13+/m1/s1. The van der Waals surface area contributed by atoms with E-state index in [-0.39, 0.29) is 0 Å². The Bertz CT molecular complexity index is 453. The van der Waals surface area contributed by atoms with Gasteiger partial charge in [-0.05, 0) is 24.0 Å². The lowest BCUT2D eigenvalue weighted by Crippen LogP contribution is -2.50. The maximum atomic E-state index is 5.24. The third-order valence-corrected chi connectivity index (χ3v) is 3.31. The number of ether oxygens (including phenoxy) is 1. The van der Waals surface area contributed by atoms with Gasteiger partial charge in [-0.1, -0.05) is 12.7 Å². The van der Waals surface area contributed by atoms with Crippen LogP contribution in [-0.4, -0.2) is 17.6 Å². The molecule has 3 nitrogen and oxygen atoms in total. The summed E-state index contributed by atoms with van der Waals surface area (Å²) in [5.41, 5.74) is 2.51. The molecular weight excluding hydrogens is 200 g/mol. The third kappa shape index (κ3) is 1.44. The molecule has 1 aromatic rings. The zero-order chi connectivity index (χ0) is 11.0. The van der Waals surface area contributed by atoms with E-state index in [2.05, 4.69) is 23.0 Å². The first-order valence-electron chi connectivity index (χ1n) is 5.55. The maximum Gasteiger partial charge on any atom is 0.145 e. The largest absolute Gasteiger partial charge is 0.464 e. The van der Waals surface area contributed by atoms with E-state index in [0.717, 1.165) is 23.8 Å². The van der Waals surface area contributed by atoms with Crippen molar-refractivity contribution in [3.63, 3.8) is 0 Å². The Morgan fingerprint density at radius 3 is 3.12 bits per heavy atom. The Morgan fingerprint density at radius 1 is 1.50 bits per heavy atom. The second-order valence-corrected chi connectivity index (χ2v) is 4.24. The molecular formula is C13H14N2O. The minimum Gasteiger partial charge on any atom is -0.464 e. The highest BCUT2D eigenvalue weighted by Gasteiger charge is 2.37. The molecule has 1 aromatic heterocycles. The Hall–Kier alpha value is -1.61. The van der Waals surface area contributed by atoms with E-state index in [1.165, 1.54) is 18.3 Å². The molecule has 2 aliphatic rings. The molecule has 2 atom stereocenters. The van der Waals surface area contributed by atoms with Crippen LogP contribution in [0.15, 0.2) is 37.4 Å². The SMILES string of the molecule is C=COc1cncc(C2=CC[C@@H]3CN[C@H]23)c1. The van der Waals surface area contributed by atoms with Gasteiger partial charge in [-0.15, -0.1) is 0 Å². The van der Waals surface area contributed by atoms with E-state index in [4.69, 9.17) is 4.74 Å². The van der Waals surface area contributed by atoms with Crippen LogP contribution < -0.4 is 10.1 Å². The third-order valence-electron chi connectivity index (χ3n) is 3.31. The quantitative estimate of drug-likeness (QED) is 0.781. The van der Waals surface area contributed by atoms with Crippen molar-refractivity contribution in [2.75, 3.05) is 6.54 Å². The molecule has 0 spiro atoms. The lowest BCUT2D eigenvalue weighted by atomic mass is 9.89. The monoisotopic (exact) mass is 214 g/mol. The molecule has 0 unspecified atom stereocenters. The molecule has 0 bridgehead atoms. The van der Waals surface area contributed by atoms with Crippen molar-refractivity contribution in [3.8, 4) is 5.75 Å². The summed E-state index contributed by atoms with van der Waals surface area (Å²) in [5.74, 6) is 1.54. The minimum atomic E-state index is 0.529. The first-order chi connectivity index (χ1) is 7.88. The van der Waals surface area contributed by atoms with Crippen LogP contribution in [0.1, 0.15) is 12.0 Å². The summed E-state index contributed by atoms with van der Waals surface area (Å²) in [6, 6.07) is 2.55. The van der Waals surface area contributed by atoms with Crippen molar-refractivity contribution >= 4 is 5.57 Å². The summed E-state index contributed by atoms with van der Waals surface area (Å²) in [7, 11) is 0. The van der Waals surface area contributed by atoms with Gasteiger partial charge in [0.1, 0.15) is 5.75 Å². The van der Waals surface area contributed by atoms with E-state index >= 15 is 0 Å². The smallest absolute Gasteiger partial charge is 0.145 e. The van der Waals surface area contributed by atoms with Crippen molar-refractivity contribution in [1.82, 2.24) is 10.3 Å². The normalized spacial score (nSPS) is 26.6. The Kier molecular flexibility index (Phi) is 2.26. The van der Waals surface area contributed by atoms with E-state index in [0.29, 0.717) is 6.04 Å². The second kappa shape index (κ2) is 3.76. The minimum absolute atomic E-state index is 0.529. The van der Waals surface area contributed by atoms with Gasteiger partial charge in [0.15, 0.2) is 0 Å². The van der Waals surface area contributed by atoms with E-state index in [1.807, 2.05) is 12.3 Å². The van der Waals surface area contributed by atoms with Gasteiger partial charge >= 0.3 is 0 Å². The van der Waals surface area contributed by atoms with Gasteiger partial charge in [-0.25, -0.2) is 0 Å². The number of hydrogen-bond donors (Lipinski definition) is 1. The number of aromatic nitrogens is 1. The van der Waals surface area contributed by atoms with Gasteiger partial charge in [0.25, 0.3) is 0 Å². The molecule has 3 heteroatoms. The number of hydrogen-bond acceptors (Lipinski definition) is 3. The zero-order valence-corrected chi connectivity index (χ0v) is 9.02. The average Bonchev–Trinajstić information content (AvgIpc) is 2.55. The first-order valence-corrected chi connectivity index (χ1v) is 5.55. The van der Waals surface area contributed by atoms with Crippen LogP contribution in [0.3, 0.4) is 0 Å². The van der Waals surface area contributed by atoms with Crippen molar-refractivity contribution in [2.45, 2.75) is 12.5 Å². The van der Waals surface area contributed by atoms with Gasteiger partial charge in [0.2, 0.25) is 0 Å². The summed E-state index contributed by atoms with van der Waals surface area (Å²) in [4.78, 5) is 4.19. The molecule has 1 N–H and O–H groups in total. The van der Waals surface area contributed by atoms with Crippen molar-refractivity contribution in [3.05, 3.63) is 42.9 Å². The van der Waals surface area contributed by atoms with Crippen molar-refractivity contribution in [2.24, 2.45) is 5.92 Å². The van der Waals surface area contributed by atoms with Gasteiger partial charge in [0.05, 0.1) is 12.5 Å². The predicted molar refractivity (Wildman–Crippen MR) is 62.9 cm³/mol. The highest BCUT2D eigenvalue weighted by molar-refractivity contribution is 5.73. The van der Waals surface area contributed by atoms with Crippen LogP contribution >= 0.6 is 0 Å². The summed E-state index contributed by atoms with van der Waals surface area (Å²) < 4.78 is 5.24. The number of pyridine rings is 1.